The highest BCUT2D eigenvalue weighted by Crippen LogP contribution is 2.27. The van der Waals surface area contributed by atoms with Crippen LogP contribution in [-0.4, -0.2) is 51.0 Å². The summed E-state index contributed by atoms with van der Waals surface area (Å²) in [4.78, 5) is 15.8. The lowest BCUT2D eigenvalue weighted by atomic mass is 10.1. The van der Waals surface area contributed by atoms with E-state index in [1.807, 2.05) is 25.4 Å². The molecule has 25 heavy (non-hydrogen) atoms. The Hall–Kier alpha value is -2.54. The zero-order valence-electron chi connectivity index (χ0n) is 14.6. The minimum atomic E-state index is 0.252. The number of anilines is 1. The van der Waals surface area contributed by atoms with E-state index in [1.165, 1.54) is 6.42 Å². The quantitative estimate of drug-likeness (QED) is 0.728. The van der Waals surface area contributed by atoms with Crippen molar-refractivity contribution in [3.8, 4) is 11.4 Å². The Kier molecular flexibility index (Phi) is 4.31. The van der Waals surface area contributed by atoms with Crippen molar-refractivity contribution in [1.29, 1.82) is 0 Å². The van der Waals surface area contributed by atoms with Gasteiger partial charge in [-0.25, -0.2) is 9.97 Å². The molecule has 3 aromatic rings. The predicted octanol–water partition coefficient (Wildman–Crippen LogP) is 2.43. The maximum atomic E-state index is 5.89. The lowest BCUT2D eigenvalue weighted by Gasteiger charge is -2.28. The number of likely N-dealkylation sites (N-methyl/N-ethyl adjacent to an activating group) is 1. The van der Waals surface area contributed by atoms with Crippen LogP contribution >= 0.6 is 0 Å². The van der Waals surface area contributed by atoms with E-state index in [0.29, 0.717) is 5.82 Å². The summed E-state index contributed by atoms with van der Waals surface area (Å²) in [6.45, 7) is 1.67. The molecule has 4 rings (SSSR count). The van der Waals surface area contributed by atoms with Gasteiger partial charge in [0.15, 0.2) is 11.5 Å². The second kappa shape index (κ2) is 6.76. The Labute approximate surface area is 146 Å². The Balaban J connectivity index is 1.73. The van der Waals surface area contributed by atoms with Crippen LogP contribution in [0.25, 0.3) is 22.4 Å². The zero-order valence-corrected chi connectivity index (χ0v) is 14.6. The maximum Gasteiger partial charge on any atom is 0.165 e. The van der Waals surface area contributed by atoms with Crippen LogP contribution in [0.2, 0.25) is 0 Å². The first-order valence-corrected chi connectivity index (χ1v) is 8.65. The van der Waals surface area contributed by atoms with Crippen molar-refractivity contribution in [3.05, 3.63) is 30.7 Å². The lowest BCUT2D eigenvalue weighted by molar-refractivity contribution is 0.0215. The van der Waals surface area contributed by atoms with Gasteiger partial charge in [-0.1, -0.05) is 0 Å². The van der Waals surface area contributed by atoms with Gasteiger partial charge < -0.3 is 9.64 Å². The van der Waals surface area contributed by atoms with Crippen molar-refractivity contribution >= 4 is 16.9 Å². The highest BCUT2D eigenvalue weighted by Gasteiger charge is 2.20. The third-order valence-electron chi connectivity index (χ3n) is 4.60. The maximum absolute atomic E-state index is 5.89. The number of nitrogens with zero attached hydrogens (tertiary/aromatic N) is 6. The summed E-state index contributed by atoms with van der Waals surface area (Å²) in [6.07, 6.45) is 9.10. The van der Waals surface area contributed by atoms with Gasteiger partial charge in [0.1, 0.15) is 5.82 Å². The fourth-order valence-corrected chi connectivity index (χ4v) is 3.27. The third kappa shape index (κ3) is 3.19. The largest absolute Gasteiger partial charge is 0.376 e. The second-order valence-electron chi connectivity index (χ2n) is 6.49. The number of aryl methyl sites for hydroxylation is 1. The zero-order chi connectivity index (χ0) is 17.2. The summed E-state index contributed by atoms with van der Waals surface area (Å²) in [5.41, 5.74) is 1.72. The minimum absolute atomic E-state index is 0.252. The van der Waals surface area contributed by atoms with Crippen molar-refractivity contribution in [1.82, 2.24) is 24.7 Å². The van der Waals surface area contributed by atoms with Crippen LogP contribution in [0.5, 0.6) is 0 Å². The summed E-state index contributed by atoms with van der Waals surface area (Å²) < 4.78 is 7.67. The van der Waals surface area contributed by atoms with Crippen LogP contribution in [0, 0.1) is 0 Å². The van der Waals surface area contributed by atoms with Crippen LogP contribution in [0.4, 0.5) is 5.82 Å². The molecule has 1 atom stereocenters. The van der Waals surface area contributed by atoms with Crippen LogP contribution in [-0.2, 0) is 11.8 Å². The molecule has 7 heteroatoms. The molecule has 0 spiro atoms. The topological polar surface area (TPSA) is 69.0 Å². The van der Waals surface area contributed by atoms with Gasteiger partial charge in [0.2, 0.25) is 0 Å². The molecule has 0 amide bonds. The van der Waals surface area contributed by atoms with Crippen molar-refractivity contribution in [2.24, 2.45) is 7.05 Å². The summed E-state index contributed by atoms with van der Waals surface area (Å²) in [5.74, 6) is 1.54. The second-order valence-corrected chi connectivity index (χ2v) is 6.49. The van der Waals surface area contributed by atoms with E-state index < -0.39 is 0 Å². The molecule has 0 saturated carbocycles. The number of hydrogen-bond donors (Lipinski definition) is 0. The van der Waals surface area contributed by atoms with Gasteiger partial charge in [-0.3, -0.25) is 9.67 Å². The van der Waals surface area contributed by atoms with Crippen molar-refractivity contribution in [3.63, 3.8) is 0 Å². The first-order chi connectivity index (χ1) is 12.2. The summed E-state index contributed by atoms with van der Waals surface area (Å²) in [6, 6.07) is 3.87. The van der Waals surface area contributed by atoms with Gasteiger partial charge >= 0.3 is 0 Å². The molecule has 1 aliphatic rings. The van der Waals surface area contributed by atoms with Gasteiger partial charge in [0, 0.05) is 45.2 Å². The van der Waals surface area contributed by atoms with Crippen molar-refractivity contribution < 1.29 is 4.74 Å². The van der Waals surface area contributed by atoms with Crippen LogP contribution in [0.1, 0.15) is 19.3 Å². The smallest absolute Gasteiger partial charge is 0.165 e. The first-order valence-electron chi connectivity index (χ1n) is 8.65. The van der Waals surface area contributed by atoms with E-state index >= 15 is 0 Å². The Morgan fingerprint density at radius 3 is 2.96 bits per heavy atom. The molecule has 0 radical (unpaired) electrons. The van der Waals surface area contributed by atoms with E-state index in [0.717, 1.165) is 48.4 Å². The van der Waals surface area contributed by atoms with Gasteiger partial charge in [-0.05, 0) is 31.4 Å². The first kappa shape index (κ1) is 16.0. The highest BCUT2D eigenvalue weighted by molar-refractivity contribution is 5.88. The van der Waals surface area contributed by atoms with Crippen molar-refractivity contribution in [2.45, 2.75) is 25.4 Å². The molecule has 4 heterocycles. The minimum Gasteiger partial charge on any atom is -0.376 e. The number of fused-ring (bicyclic) bond motifs is 1. The summed E-state index contributed by atoms with van der Waals surface area (Å²) >= 11 is 0. The number of pyridine rings is 1. The van der Waals surface area contributed by atoms with Crippen LogP contribution in [0.15, 0.2) is 30.7 Å². The molecule has 0 aliphatic carbocycles. The van der Waals surface area contributed by atoms with Crippen LogP contribution in [0.3, 0.4) is 0 Å². The number of ether oxygens (including phenoxy) is 1. The van der Waals surface area contributed by atoms with Gasteiger partial charge in [0.25, 0.3) is 0 Å². The number of rotatable bonds is 4. The standard InChI is InChI=1S/C18H22N6O/c1-23(12-14-7-3-4-9-25-14)17-15-11-20-24(2)18(15)22-16(21-17)13-6-5-8-19-10-13/h5-6,8,10-11,14H,3-4,7,9,12H2,1-2H3. The van der Waals surface area contributed by atoms with E-state index in [9.17, 15) is 0 Å². The summed E-state index contributed by atoms with van der Waals surface area (Å²) in [5, 5.41) is 5.31. The molecular weight excluding hydrogens is 316 g/mol. The van der Waals surface area contributed by atoms with Crippen molar-refractivity contribution in [2.75, 3.05) is 25.1 Å². The van der Waals surface area contributed by atoms with E-state index in [-0.39, 0.29) is 6.10 Å². The summed E-state index contributed by atoms with van der Waals surface area (Å²) in [7, 11) is 3.95. The van der Waals surface area contributed by atoms with Gasteiger partial charge in [-0.15, -0.1) is 0 Å². The molecule has 7 nitrogen and oxygen atoms in total. The van der Waals surface area contributed by atoms with Gasteiger partial charge in [-0.2, -0.15) is 5.10 Å². The number of hydrogen-bond acceptors (Lipinski definition) is 6. The Morgan fingerprint density at radius 2 is 2.20 bits per heavy atom. The predicted molar refractivity (Wildman–Crippen MR) is 96.4 cm³/mol. The van der Waals surface area contributed by atoms with E-state index in [2.05, 4.69) is 27.0 Å². The average Bonchev–Trinajstić information content (AvgIpc) is 3.03. The highest BCUT2D eigenvalue weighted by atomic mass is 16.5. The molecule has 1 fully saturated rings. The SMILES string of the molecule is CN(CC1CCCCO1)c1nc(-c2cccnc2)nc2c1cnn2C. The molecule has 130 valence electrons. The van der Waals surface area contributed by atoms with E-state index in [4.69, 9.17) is 9.72 Å². The average molecular weight is 338 g/mol. The van der Waals surface area contributed by atoms with Gasteiger partial charge in [0.05, 0.1) is 17.7 Å². The molecule has 1 unspecified atom stereocenters. The molecule has 1 saturated heterocycles. The Morgan fingerprint density at radius 1 is 1.28 bits per heavy atom. The molecule has 1 aliphatic heterocycles. The molecular formula is C18H22N6O. The molecule has 3 aromatic heterocycles. The fourth-order valence-electron chi connectivity index (χ4n) is 3.27. The Bertz CT molecular complexity index is 857. The fraction of sp³-hybridized carbons (Fsp3) is 0.444. The lowest BCUT2D eigenvalue weighted by Crippen LogP contribution is -2.34. The molecule has 0 aromatic carbocycles. The molecule has 0 N–H and O–H groups in total. The molecule has 0 bridgehead atoms. The number of aromatic nitrogens is 5. The van der Waals surface area contributed by atoms with Crippen LogP contribution < -0.4 is 4.90 Å². The third-order valence-corrected chi connectivity index (χ3v) is 4.60. The normalized spacial score (nSPS) is 17.8. The monoisotopic (exact) mass is 338 g/mol. The van der Waals surface area contributed by atoms with E-state index in [1.54, 1.807) is 17.1 Å².